The van der Waals surface area contributed by atoms with Gasteiger partial charge in [-0.05, 0) is 43.9 Å². The summed E-state index contributed by atoms with van der Waals surface area (Å²) in [6, 6.07) is 11.5. The molecule has 0 saturated carbocycles. The van der Waals surface area contributed by atoms with Gasteiger partial charge in [-0.1, -0.05) is 38.1 Å². The van der Waals surface area contributed by atoms with Crippen molar-refractivity contribution in [2.75, 3.05) is 5.32 Å². The smallest absolute Gasteiger partial charge is 0.339 e. The number of nitrogens with one attached hydrogen (secondary N) is 1. The van der Waals surface area contributed by atoms with Crippen molar-refractivity contribution >= 4 is 23.3 Å². The molecule has 0 aromatic heterocycles. The Morgan fingerprint density at radius 2 is 1.86 bits per heavy atom. The van der Waals surface area contributed by atoms with Crippen LogP contribution in [0.2, 0.25) is 0 Å². The maximum absolute atomic E-state index is 12.5. The van der Waals surface area contributed by atoms with Crippen molar-refractivity contribution in [3.8, 4) is 0 Å². The van der Waals surface area contributed by atoms with Crippen LogP contribution >= 0.6 is 0 Å². The Bertz CT molecular complexity index is 894. The molecule has 7 nitrogen and oxygen atoms in total. The third kappa shape index (κ3) is 4.94. The highest BCUT2D eigenvalue weighted by Gasteiger charge is 2.22. The fourth-order valence-electron chi connectivity index (χ4n) is 2.71. The summed E-state index contributed by atoms with van der Waals surface area (Å²) >= 11 is 0. The molecule has 148 valence electrons. The van der Waals surface area contributed by atoms with Crippen molar-refractivity contribution in [1.82, 2.24) is 0 Å². The van der Waals surface area contributed by atoms with Crippen LogP contribution < -0.4 is 5.32 Å². The normalized spacial score (nSPS) is 12.7. The minimum Gasteiger partial charge on any atom is -0.449 e. The fraction of sp³-hybridized carbons (Fsp3) is 0.333. The summed E-state index contributed by atoms with van der Waals surface area (Å²) in [6.45, 7) is 7.17. The number of hydrogen-bond donors (Lipinski definition) is 1. The van der Waals surface area contributed by atoms with E-state index in [1.54, 1.807) is 13.0 Å². The molecule has 2 aromatic carbocycles. The minimum atomic E-state index is -1.06. The number of nitro benzene ring substituents is 1. The van der Waals surface area contributed by atoms with Crippen LogP contribution in [0.4, 0.5) is 11.4 Å². The van der Waals surface area contributed by atoms with Crippen molar-refractivity contribution in [2.45, 2.75) is 46.1 Å². The standard InChI is InChI=1S/C21H24N2O5/c1-5-13(2)17-8-6-7-9-18(17)22-20(24)15(4)28-21(25)16-11-10-14(3)19(12-16)23(26)27/h6-13,15H,5H2,1-4H3,(H,22,24)/t13-,15+/m1/s1. The van der Waals surface area contributed by atoms with E-state index in [0.717, 1.165) is 18.1 Å². The number of amides is 1. The van der Waals surface area contributed by atoms with Crippen LogP contribution in [0.15, 0.2) is 42.5 Å². The first-order valence-electron chi connectivity index (χ1n) is 9.10. The molecule has 0 aliphatic heterocycles. The number of nitro groups is 1. The number of anilines is 1. The second kappa shape index (κ2) is 9.12. The summed E-state index contributed by atoms with van der Waals surface area (Å²) in [7, 11) is 0. The van der Waals surface area contributed by atoms with Crippen LogP contribution in [0.25, 0.3) is 0 Å². The van der Waals surface area contributed by atoms with Crippen LogP contribution in [0, 0.1) is 17.0 Å². The molecule has 28 heavy (non-hydrogen) atoms. The average molecular weight is 384 g/mol. The molecule has 0 unspecified atom stereocenters. The van der Waals surface area contributed by atoms with Gasteiger partial charge in [0.05, 0.1) is 10.5 Å². The van der Waals surface area contributed by atoms with Crippen LogP contribution in [0.1, 0.15) is 54.6 Å². The molecule has 7 heteroatoms. The van der Waals surface area contributed by atoms with E-state index in [9.17, 15) is 19.7 Å². The highest BCUT2D eigenvalue weighted by molar-refractivity contribution is 5.98. The van der Waals surface area contributed by atoms with Crippen LogP contribution in [0.3, 0.4) is 0 Å². The van der Waals surface area contributed by atoms with E-state index >= 15 is 0 Å². The summed E-state index contributed by atoms with van der Waals surface area (Å²) in [5, 5.41) is 13.8. The van der Waals surface area contributed by atoms with E-state index in [-0.39, 0.29) is 17.2 Å². The summed E-state index contributed by atoms with van der Waals surface area (Å²) < 4.78 is 5.20. The lowest BCUT2D eigenvalue weighted by Crippen LogP contribution is -2.30. The molecular weight excluding hydrogens is 360 g/mol. The predicted molar refractivity (Wildman–Crippen MR) is 106 cm³/mol. The first-order chi connectivity index (χ1) is 13.2. The zero-order valence-corrected chi connectivity index (χ0v) is 16.4. The average Bonchev–Trinajstić information content (AvgIpc) is 2.67. The van der Waals surface area contributed by atoms with Gasteiger partial charge in [-0.2, -0.15) is 0 Å². The molecule has 1 amide bonds. The largest absolute Gasteiger partial charge is 0.449 e. The molecular formula is C21H24N2O5. The predicted octanol–water partition coefficient (Wildman–Crippen LogP) is 4.60. The molecule has 1 N–H and O–H groups in total. The Morgan fingerprint density at radius 1 is 1.18 bits per heavy atom. The lowest BCUT2D eigenvalue weighted by molar-refractivity contribution is -0.385. The maximum Gasteiger partial charge on any atom is 0.339 e. The van der Waals surface area contributed by atoms with Gasteiger partial charge in [0.2, 0.25) is 0 Å². The van der Waals surface area contributed by atoms with Crippen LogP contribution in [-0.4, -0.2) is 22.9 Å². The first kappa shape index (κ1) is 21.1. The number of esters is 1. The lowest BCUT2D eigenvalue weighted by Gasteiger charge is -2.18. The number of hydrogen-bond acceptors (Lipinski definition) is 5. The minimum absolute atomic E-state index is 0.0250. The van der Waals surface area contributed by atoms with Gasteiger partial charge in [0.15, 0.2) is 6.10 Å². The van der Waals surface area contributed by atoms with Crippen LogP contribution in [-0.2, 0) is 9.53 Å². The summed E-state index contributed by atoms with van der Waals surface area (Å²) in [4.78, 5) is 35.2. The Kier molecular flexibility index (Phi) is 6.87. The Hall–Kier alpha value is -3.22. The van der Waals surface area contributed by atoms with Gasteiger partial charge >= 0.3 is 5.97 Å². The number of carbonyl (C=O) groups excluding carboxylic acids is 2. The number of carbonyl (C=O) groups is 2. The van der Waals surface area contributed by atoms with E-state index in [1.807, 2.05) is 18.2 Å². The van der Waals surface area contributed by atoms with Gasteiger partial charge in [0, 0.05) is 17.3 Å². The summed E-state index contributed by atoms with van der Waals surface area (Å²) in [5.41, 5.74) is 1.97. The van der Waals surface area contributed by atoms with Gasteiger partial charge in [-0.15, -0.1) is 0 Å². The summed E-state index contributed by atoms with van der Waals surface area (Å²) in [6.07, 6.45) is -0.137. The highest BCUT2D eigenvalue weighted by Crippen LogP contribution is 2.27. The van der Waals surface area contributed by atoms with Gasteiger partial charge in [0.25, 0.3) is 11.6 Å². The highest BCUT2D eigenvalue weighted by atomic mass is 16.6. The number of benzene rings is 2. The third-order valence-corrected chi connectivity index (χ3v) is 4.66. The molecule has 0 aliphatic rings. The van der Waals surface area contributed by atoms with Gasteiger partial charge in [-0.25, -0.2) is 4.79 Å². The Morgan fingerprint density at radius 3 is 2.50 bits per heavy atom. The molecule has 2 atom stereocenters. The van der Waals surface area contributed by atoms with Crippen molar-refractivity contribution in [1.29, 1.82) is 0 Å². The second-order valence-corrected chi connectivity index (χ2v) is 6.69. The Balaban J connectivity index is 2.10. The topological polar surface area (TPSA) is 98.5 Å². The van der Waals surface area contributed by atoms with Crippen molar-refractivity contribution in [3.05, 3.63) is 69.3 Å². The fourth-order valence-corrected chi connectivity index (χ4v) is 2.71. The third-order valence-electron chi connectivity index (χ3n) is 4.66. The zero-order chi connectivity index (χ0) is 20.8. The number of aryl methyl sites for hydroxylation is 1. The molecule has 0 aliphatic carbocycles. The van der Waals surface area contributed by atoms with E-state index in [1.165, 1.54) is 19.1 Å². The maximum atomic E-state index is 12.5. The number of rotatable bonds is 7. The molecule has 0 heterocycles. The molecule has 0 radical (unpaired) electrons. The monoisotopic (exact) mass is 384 g/mol. The SMILES string of the molecule is CC[C@@H](C)c1ccccc1NC(=O)[C@H](C)OC(=O)c1ccc(C)c([N+](=O)[O-])c1. The number of nitrogens with zero attached hydrogens (tertiary/aromatic N) is 1. The van der Waals surface area contributed by atoms with Gasteiger partial charge < -0.3 is 10.1 Å². The number of ether oxygens (including phenoxy) is 1. The van der Waals surface area contributed by atoms with Crippen molar-refractivity contribution in [2.24, 2.45) is 0 Å². The molecule has 0 fully saturated rings. The molecule has 0 spiro atoms. The number of para-hydroxylation sites is 1. The zero-order valence-electron chi connectivity index (χ0n) is 16.4. The van der Waals surface area contributed by atoms with E-state index in [2.05, 4.69) is 19.2 Å². The summed E-state index contributed by atoms with van der Waals surface area (Å²) in [5.74, 6) is -0.992. The van der Waals surface area contributed by atoms with E-state index < -0.39 is 22.9 Å². The van der Waals surface area contributed by atoms with Crippen molar-refractivity contribution < 1.29 is 19.2 Å². The van der Waals surface area contributed by atoms with E-state index in [4.69, 9.17) is 4.74 Å². The van der Waals surface area contributed by atoms with Gasteiger partial charge in [-0.3, -0.25) is 14.9 Å². The first-order valence-corrected chi connectivity index (χ1v) is 9.10. The lowest BCUT2D eigenvalue weighted by atomic mass is 9.97. The second-order valence-electron chi connectivity index (χ2n) is 6.69. The molecule has 2 aromatic rings. The van der Waals surface area contributed by atoms with E-state index in [0.29, 0.717) is 11.3 Å². The Labute approximate surface area is 163 Å². The quantitative estimate of drug-likeness (QED) is 0.427. The van der Waals surface area contributed by atoms with Crippen molar-refractivity contribution in [3.63, 3.8) is 0 Å². The molecule has 0 bridgehead atoms. The van der Waals surface area contributed by atoms with Gasteiger partial charge in [0.1, 0.15) is 0 Å². The van der Waals surface area contributed by atoms with Crippen LogP contribution in [0.5, 0.6) is 0 Å². The molecule has 0 saturated heterocycles. The molecule has 2 rings (SSSR count).